The molecule has 3 heteroatoms. The minimum Gasteiger partial charge on any atom is -0.337 e. The van der Waals surface area contributed by atoms with Crippen molar-refractivity contribution in [3.8, 4) is 0 Å². The Hall–Kier alpha value is -1.35. The average Bonchev–Trinajstić information content (AvgIpc) is 2.29. The molecule has 1 heterocycles. The molecular formula is C13H18N2O. The summed E-state index contributed by atoms with van der Waals surface area (Å²) in [4.78, 5) is 14.1. The lowest BCUT2D eigenvalue weighted by molar-refractivity contribution is 0.0708. The van der Waals surface area contributed by atoms with Crippen molar-refractivity contribution < 1.29 is 4.79 Å². The van der Waals surface area contributed by atoms with Gasteiger partial charge in [0.25, 0.3) is 5.91 Å². The minimum absolute atomic E-state index is 0.119. The highest BCUT2D eigenvalue weighted by Crippen LogP contribution is 2.15. The first-order valence-electron chi connectivity index (χ1n) is 5.79. The number of hydrogen-bond donors (Lipinski definition) is 1. The number of rotatable bonds is 1. The zero-order chi connectivity index (χ0) is 11.5. The van der Waals surface area contributed by atoms with Crippen LogP contribution in [0.3, 0.4) is 0 Å². The molecule has 0 aliphatic carbocycles. The van der Waals surface area contributed by atoms with E-state index in [1.807, 2.05) is 36.1 Å². The van der Waals surface area contributed by atoms with Gasteiger partial charge < -0.3 is 10.6 Å². The Balaban J connectivity index is 2.16. The van der Waals surface area contributed by atoms with Crippen LogP contribution in [0.1, 0.15) is 28.8 Å². The summed E-state index contributed by atoms with van der Waals surface area (Å²) in [6.45, 7) is 3.49. The maximum Gasteiger partial charge on any atom is 0.254 e. The maximum absolute atomic E-state index is 12.2. The standard InChI is InChI=1S/C13H18N2O/c1-10-5-2-3-7-12(10)13(16)15-8-4-6-11(14)9-15/h2-3,5,7,11H,4,6,8-9,14H2,1H3. The van der Waals surface area contributed by atoms with Crippen LogP contribution in [0.5, 0.6) is 0 Å². The van der Waals surface area contributed by atoms with Gasteiger partial charge in [0.2, 0.25) is 0 Å². The number of carbonyl (C=O) groups is 1. The summed E-state index contributed by atoms with van der Waals surface area (Å²) in [6, 6.07) is 7.86. The first-order chi connectivity index (χ1) is 7.68. The molecular weight excluding hydrogens is 200 g/mol. The highest BCUT2D eigenvalue weighted by molar-refractivity contribution is 5.95. The van der Waals surface area contributed by atoms with Crippen LogP contribution in [0, 0.1) is 6.92 Å². The van der Waals surface area contributed by atoms with Gasteiger partial charge in [-0.15, -0.1) is 0 Å². The number of hydrogen-bond acceptors (Lipinski definition) is 2. The zero-order valence-corrected chi connectivity index (χ0v) is 9.65. The summed E-state index contributed by atoms with van der Waals surface area (Å²) in [5, 5.41) is 0. The first-order valence-corrected chi connectivity index (χ1v) is 5.79. The number of amides is 1. The lowest BCUT2D eigenvalue weighted by atomic mass is 10.0. The number of nitrogens with zero attached hydrogens (tertiary/aromatic N) is 1. The molecule has 3 nitrogen and oxygen atoms in total. The molecule has 1 fully saturated rings. The summed E-state index contributed by atoms with van der Waals surface area (Å²) in [7, 11) is 0. The van der Waals surface area contributed by atoms with Gasteiger partial charge in [-0.05, 0) is 31.4 Å². The zero-order valence-electron chi connectivity index (χ0n) is 9.65. The van der Waals surface area contributed by atoms with E-state index < -0.39 is 0 Å². The van der Waals surface area contributed by atoms with Gasteiger partial charge in [0.05, 0.1) is 0 Å². The van der Waals surface area contributed by atoms with Crippen molar-refractivity contribution in [1.29, 1.82) is 0 Å². The van der Waals surface area contributed by atoms with Gasteiger partial charge in [0.15, 0.2) is 0 Å². The molecule has 0 spiro atoms. The Kier molecular flexibility index (Phi) is 3.25. The minimum atomic E-state index is 0.119. The fourth-order valence-corrected chi connectivity index (χ4v) is 2.18. The fraction of sp³-hybridized carbons (Fsp3) is 0.462. The quantitative estimate of drug-likeness (QED) is 0.777. The van der Waals surface area contributed by atoms with Crippen molar-refractivity contribution in [3.05, 3.63) is 35.4 Å². The molecule has 1 saturated heterocycles. The highest BCUT2D eigenvalue weighted by atomic mass is 16.2. The van der Waals surface area contributed by atoms with E-state index in [0.29, 0.717) is 6.54 Å². The van der Waals surface area contributed by atoms with Crippen LogP contribution in [-0.2, 0) is 0 Å². The molecule has 2 N–H and O–H groups in total. The van der Waals surface area contributed by atoms with E-state index in [-0.39, 0.29) is 11.9 Å². The van der Waals surface area contributed by atoms with Gasteiger partial charge in [-0.1, -0.05) is 18.2 Å². The molecule has 1 atom stereocenters. The SMILES string of the molecule is Cc1ccccc1C(=O)N1CCCC(N)C1. The number of benzene rings is 1. The van der Waals surface area contributed by atoms with Crippen LogP contribution >= 0.6 is 0 Å². The monoisotopic (exact) mass is 218 g/mol. The van der Waals surface area contributed by atoms with E-state index in [9.17, 15) is 4.79 Å². The summed E-state index contributed by atoms with van der Waals surface area (Å²) in [5.74, 6) is 0.119. The van der Waals surface area contributed by atoms with Crippen LogP contribution in [0.2, 0.25) is 0 Å². The molecule has 1 amide bonds. The van der Waals surface area contributed by atoms with Crippen LogP contribution < -0.4 is 5.73 Å². The van der Waals surface area contributed by atoms with Crippen molar-refractivity contribution in [2.24, 2.45) is 5.73 Å². The second kappa shape index (κ2) is 4.66. The first kappa shape index (κ1) is 11.1. The molecule has 0 saturated carbocycles. The van der Waals surface area contributed by atoms with Crippen molar-refractivity contribution in [2.45, 2.75) is 25.8 Å². The van der Waals surface area contributed by atoms with Crippen LogP contribution in [0.4, 0.5) is 0 Å². The number of carbonyl (C=O) groups excluding carboxylic acids is 1. The highest BCUT2D eigenvalue weighted by Gasteiger charge is 2.22. The molecule has 0 bridgehead atoms. The third kappa shape index (κ3) is 2.25. The largest absolute Gasteiger partial charge is 0.337 e. The molecule has 0 aromatic heterocycles. The molecule has 1 aromatic rings. The van der Waals surface area contributed by atoms with Crippen molar-refractivity contribution >= 4 is 5.91 Å². The Bertz CT molecular complexity index is 389. The number of piperidine rings is 1. The topological polar surface area (TPSA) is 46.3 Å². The van der Waals surface area contributed by atoms with Gasteiger partial charge in [-0.2, -0.15) is 0 Å². The van der Waals surface area contributed by atoms with Gasteiger partial charge in [-0.25, -0.2) is 0 Å². The maximum atomic E-state index is 12.2. The summed E-state index contributed by atoms with van der Waals surface area (Å²) >= 11 is 0. The summed E-state index contributed by atoms with van der Waals surface area (Å²) in [5.41, 5.74) is 7.72. The number of likely N-dealkylation sites (tertiary alicyclic amines) is 1. The van der Waals surface area contributed by atoms with Crippen LogP contribution in [0.15, 0.2) is 24.3 Å². The van der Waals surface area contributed by atoms with E-state index in [1.54, 1.807) is 0 Å². The van der Waals surface area contributed by atoms with Crippen LogP contribution in [-0.4, -0.2) is 29.9 Å². The average molecular weight is 218 g/mol. The van der Waals surface area contributed by atoms with Gasteiger partial charge in [0, 0.05) is 24.7 Å². The Morgan fingerprint density at radius 2 is 2.19 bits per heavy atom. The van der Waals surface area contributed by atoms with Crippen LogP contribution in [0.25, 0.3) is 0 Å². The normalized spacial score (nSPS) is 20.9. The van der Waals surface area contributed by atoms with Gasteiger partial charge in [0.1, 0.15) is 0 Å². The Labute approximate surface area is 96.2 Å². The smallest absolute Gasteiger partial charge is 0.254 e. The van der Waals surface area contributed by atoms with E-state index in [1.165, 1.54) is 0 Å². The molecule has 2 rings (SSSR count). The second-order valence-corrected chi connectivity index (χ2v) is 4.47. The number of aryl methyl sites for hydroxylation is 1. The Morgan fingerprint density at radius 1 is 1.44 bits per heavy atom. The second-order valence-electron chi connectivity index (χ2n) is 4.47. The third-order valence-electron chi connectivity index (χ3n) is 3.12. The lowest BCUT2D eigenvalue weighted by Crippen LogP contribution is -2.45. The molecule has 0 radical (unpaired) electrons. The number of nitrogens with two attached hydrogens (primary N) is 1. The Morgan fingerprint density at radius 3 is 2.88 bits per heavy atom. The van der Waals surface area contributed by atoms with Crippen molar-refractivity contribution in [2.75, 3.05) is 13.1 Å². The van der Waals surface area contributed by atoms with E-state index in [4.69, 9.17) is 5.73 Å². The summed E-state index contributed by atoms with van der Waals surface area (Å²) in [6.07, 6.45) is 2.04. The lowest BCUT2D eigenvalue weighted by Gasteiger charge is -2.31. The molecule has 1 aliphatic heterocycles. The molecule has 1 unspecified atom stereocenters. The van der Waals surface area contributed by atoms with E-state index in [0.717, 1.165) is 30.5 Å². The summed E-state index contributed by atoms with van der Waals surface area (Å²) < 4.78 is 0. The molecule has 1 aliphatic rings. The predicted molar refractivity (Wildman–Crippen MR) is 64.3 cm³/mol. The van der Waals surface area contributed by atoms with Crippen molar-refractivity contribution in [1.82, 2.24) is 4.90 Å². The third-order valence-corrected chi connectivity index (χ3v) is 3.12. The molecule has 16 heavy (non-hydrogen) atoms. The van der Waals surface area contributed by atoms with Crippen molar-refractivity contribution in [3.63, 3.8) is 0 Å². The fourth-order valence-electron chi connectivity index (χ4n) is 2.18. The van der Waals surface area contributed by atoms with E-state index >= 15 is 0 Å². The van der Waals surface area contributed by atoms with E-state index in [2.05, 4.69) is 0 Å². The predicted octanol–water partition coefficient (Wildman–Crippen LogP) is 1.56. The van der Waals surface area contributed by atoms with Gasteiger partial charge in [-0.3, -0.25) is 4.79 Å². The molecule has 1 aromatic carbocycles. The van der Waals surface area contributed by atoms with Gasteiger partial charge >= 0.3 is 0 Å². The molecule has 86 valence electrons.